The maximum Gasteiger partial charge on any atom is 0.273 e. The molecule has 2 aromatic rings. The summed E-state index contributed by atoms with van der Waals surface area (Å²) in [6, 6.07) is 4.72. The third-order valence-corrected chi connectivity index (χ3v) is 2.92. The fourth-order valence-electron chi connectivity index (χ4n) is 1.44. The number of nitro benzene ring substituents is 1. The summed E-state index contributed by atoms with van der Waals surface area (Å²) in [5.41, 5.74) is 1.23. The zero-order valence-corrected chi connectivity index (χ0v) is 10.8. The molecule has 0 aliphatic carbocycles. The van der Waals surface area contributed by atoms with Crippen molar-refractivity contribution < 1.29 is 4.92 Å². The summed E-state index contributed by atoms with van der Waals surface area (Å²) in [5.74, 6) is 0.0899. The summed E-state index contributed by atoms with van der Waals surface area (Å²) >= 11 is 8.98. The highest BCUT2D eigenvalue weighted by Crippen LogP contribution is 2.23. The first kappa shape index (κ1) is 12.1. The van der Waals surface area contributed by atoms with Crippen molar-refractivity contribution in [3.05, 3.63) is 50.7 Å². The van der Waals surface area contributed by atoms with E-state index >= 15 is 0 Å². The van der Waals surface area contributed by atoms with Gasteiger partial charge >= 0.3 is 0 Å². The second kappa shape index (κ2) is 4.85. The maximum absolute atomic E-state index is 10.7. The van der Waals surface area contributed by atoms with Crippen LogP contribution in [-0.4, -0.2) is 14.7 Å². The number of nitrogens with zero attached hydrogens (tertiary/aromatic N) is 3. The zero-order valence-electron chi connectivity index (χ0n) is 8.51. The van der Waals surface area contributed by atoms with E-state index in [-0.39, 0.29) is 11.6 Å². The van der Waals surface area contributed by atoms with Gasteiger partial charge in [-0.05, 0) is 28.1 Å². The van der Waals surface area contributed by atoms with Gasteiger partial charge in [-0.2, -0.15) is 5.10 Å². The first-order valence-corrected chi connectivity index (χ1v) is 5.98. The summed E-state index contributed by atoms with van der Waals surface area (Å²) in [5, 5.41) is 14.8. The van der Waals surface area contributed by atoms with Crippen molar-refractivity contribution in [3.8, 4) is 5.69 Å². The van der Waals surface area contributed by atoms with Crippen LogP contribution in [0.15, 0.2) is 35.1 Å². The summed E-state index contributed by atoms with van der Waals surface area (Å²) < 4.78 is 2.45. The molecule has 5 nitrogen and oxygen atoms in total. The lowest BCUT2D eigenvalue weighted by atomic mass is 10.2. The number of nitro groups is 1. The number of hydrogen-bond donors (Lipinski definition) is 0. The van der Waals surface area contributed by atoms with E-state index in [9.17, 15) is 10.1 Å². The number of aromatic nitrogens is 2. The van der Waals surface area contributed by atoms with E-state index in [4.69, 9.17) is 11.6 Å². The Morgan fingerprint density at radius 2 is 2.29 bits per heavy atom. The minimum Gasteiger partial charge on any atom is -0.258 e. The molecule has 0 aliphatic heterocycles. The van der Waals surface area contributed by atoms with Gasteiger partial charge in [-0.25, -0.2) is 4.68 Å². The van der Waals surface area contributed by atoms with Gasteiger partial charge in [-0.1, -0.05) is 0 Å². The second-order valence-electron chi connectivity index (χ2n) is 3.31. The predicted octanol–water partition coefficient (Wildman–Crippen LogP) is 3.28. The number of halogens is 2. The Hall–Kier alpha value is -1.40. The second-order valence-corrected chi connectivity index (χ2v) is 4.49. The highest BCUT2D eigenvalue weighted by molar-refractivity contribution is 9.10. The Morgan fingerprint density at radius 3 is 2.82 bits per heavy atom. The van der Waals surface area contributed by atoms with Gasteiger partial charge in [-0.3, -0.25) is 10.1 Å². The molecular weight excluding hydrogens is 309 g/mol. The van der Waals surface area contributed by atoms with Crippen molar-refractivity contribution in [2.24, 2.45) is 0 Å². The zero-order chi connectivity index (χ0) is 12.4. The molecule has 0 bridgehead atoms. The molecule has 1 aromatic carbocycles. The van der Waals surface area contributed by atoms with Gasteiger partial charge in [-0.15, -0.1) is 11.6 Å². The van der Waals surface area contributed by atoms with Crippen molar-refractivity contribution >= 4 is 33.2 Å². The summed E-state index contributed by atoms with van der Waals surface area (Å²) in [6.45, 7) is 0. The Kier molecular flexibility index (Phi) is 3.44. The van der Waals surface area contributed by atoms with Crippen molar-refractivity contribution in [1.29, 1.82) is 0 Å². The quantitative estimate of drug-likeness (QED) is 0.496. The summed E-state index contributed by atoms with van der Waals surface area (Å²) in [4.78, 5) is 10.3. The Labute approximate surface area is 110 Å². The van der Waals surface area contributed by atoms with Crippen molar-refractivity contribution in [2.75, 3.05) is 0 Å². The van der Waals surface area contributed by atoms with E-state index < -0.39 is 4.92 Å². The van der Waals surface area contributed by atoms with E-state index in [1.165, 1.54) is 6.07 Å². The van der Waals surface area contributed by atoms with Gasteiger partial charge in [0.1, 0.15) is 0 Å². The third-order valence-electron chi connectivity index (χ3n) is 2.22. The lowest BCUT2D eigenvalue weighted by molar-refractivity contribution is -0.385. The molecule has 1 heterocycles. The van der Waals surface area contributed by atoms with Crippen LogP contribution in [0.4, 0.5) is 5.69 Å². The normalized spacial score (nSPS) is 10.5. The van der Waals surface area contributed by atoms with E-state index in [1.807, 2.05) is 0 Å². The first-order valence-electron chi connectivity index (χ1n) is 4.65. The molecule has 1 aromatic heterocycles. The Morgan fingerprint density at radius 1 is 1.53 bits per heavy atom. The number of hydrogen-bond acceptors (Lipinski definition) is 3. The molecule has 0 saturated heterocycles. The minimum absolute atomic E-state index is 0.0231. The van der Waals surface area contributed by atoms with Crippen LogP contribution >= 0.6 is 27.5 Å². The average Bonchev–Trinajstić information content (AvgIpc) is 2.75. The van der Waals surface area contributed by atoms with E-state index in [0.29, 0.717) is 5.56 Å². The molecule has 7 heteroatoms. The van der Waals surface area contributed by atoms with Crippen molar-refractivity contribution in [3.63, 3.8) is 0 Å². The van der Waals surface area contributed by atoms with Gasteiger partial charge in [0, 0.05) is 17.8 Å². The Bertz CT molecular complexity index is 570. The van der Waals surface area contributed by atoms with E-state index in [1.54, 1.807) is 29.2 Å². The number of alkyl halides is 1. The molecule has 0 N–H and O–H groups in total. The lowest BCUT2D eigenvalue weighted by Gasteiger charge is -2.04. The van der Waals surface area contributed by atoms with Gasteiger partial charge in [0.25, 0.3) is 5.69 Å². The predicted molar refractivity (Wildman–Crippen MR) is 67.5 cm³/mol. The average molecular weight is 317 g/mol. The van der Waals surface area contributed by atoms with E-state index in [2.05, 4.69) is 21.0 Å². The molecular formula is C10H7BrClN3O2. The molecule has 0 unspecified atom stereocenters. The van der Waals surface area contributed by atoms with Crippen LogP contribution < -0.4 is 0 Å². The molecule has 0 radical (unpaired) electrons. The largest absolute Gasteiger partial charge is 0.273 e. The minimum atomic E-state index is -0.444. The number of benzene rings is 1. The molecule has 0 fully saturated rings. The van der Waals surface area contributed by atoms with Gasteiger partial charge in [0.05, 0.1) is 27.2 Å². The van der Waals surface area contributed by atoms with Crippen LogP contribution in [0.1, 0.15) is 5.56 Å². The van der Waals surface area contributed by atoms with Crippen LogP contribution in [0.2, 0.25) is 0 Å². The van der Waals surface area contributed by atoms with Crippen LogP contribution in [0, 0.1) is 10.1 Å². The topological polar surface area (TPSA) is 61.0 Å². The van der Waals surface area contributed by atoms with Gasteiger partial charge < -0.3 is 0 Å². The van der Waals surface area contributed by atoms with Crippen LogP contribution in [0.25, 0.3) is 5.69 Å². The first-order chi connectivity index (χ1) is 8.11. The third kappa shape index (κ3) is 2.48. The molecule has 17 heavy (non-hydrogen) atoms. The highest BCUT2D eigenvalue weighted by atomic mass is 79.9. The SMILES string of the molecule is O=[N+]([O-])c1ccc(-n2cc(Br)cn2)cc1CCl. The van der Waals surface area contributed by atoms with Gasteiger partial charge in [0.2, 0.25) is 0 Å². The van der Waals surface area contributed by atoms with Crippen LogP contribution in [-0.2, 0) is 5.88 Å². The number of rotatable bonds is 3. The summed E-state index contributed by atoms with van der Waals surface area (Å²) in [7, 11) is 0. The monoisotopic (exact) mass is 315 g/mol. The van der Waals surface area contributed by atoms with E-state index in [0.717, 1.165) is 10.2 Å². The Balaban J connectivity index is 2.48. The standard InChI is InChI=1S/C10H7BrClN3O2/c11-8-5-13-14(6-8)9-1-2-10(15(16)17)7(3-9)4-12/h1-3,5-6H,4H2. The highest BCUT2D eigenvalue weighted by Gasteiger charge is 2.13. The fourth-order valence-corrected chi connectivity index (χ4v) is 1.94. The molecule has 0 amide bonds. The maximum atomic E-state index is 10.7. The molecule has 88 valence electrons. The lowest BCUT2D eigenvalue weighted by Crippen LogP contribution is -1.98. The van der Waals surface area contributed by atoms with Gasteiger partial charge in [0.15, 0.2) is 0 Å². The molecule has 0 saturated carbocycles. The molecule has 0 spiro atoms. The van der Waals surface area contributed by atoms with Crippen LogP contribution in [0.3, 0.4) is 0 Å². The fraction of sp³-hybridized carbons (Fsp3) is 0.100. The molecule has 2 rings (SSSR count). The molecule has 0 atom stereocenters. The molecule has 0 aliphatic rings. The smallest absolute Gasteiger partial charge is 0.258 e. The van der Waals surface area contributed by atoms with Crippen molar-refractivity contribution in [2.45, 2.75) is 5.88 Å². The van der Waals surface area contributed by atoms with Crippen LogP contribution in [0.5, 0.6) is 0 Å². The summed E-state index contributed by atoms with van der Waals surface area (Å²) in [6.07, 6.45) is 3.40. The van der Waals surface area contributed by atoms with Crippen molar-refractivity contribution in [1.82, 2.24) is 9.78 Å².